The third kappa shape index (κ3) is 2.10. The highest BCUT2D eigenvalue weighted by atomic mass is 32.2. The summed E-state index contributed by atoms with van der Waals surface area (Å²) in [5.41, 5.74) is 0.618. The third-order valence-electron chi connectivity index (χ3n) is 2.87. The van der Waals surface area contributed by atoms with Crippen LogP contribution in [0, 0.1) is 0 Å². The molecule has 1 aromatic rings. The number of hydrogen-bond donors (Lipinski definition) is 1. The average molecular weight is 254 g/mol. The van der Waals surface area contributed by atoms with E-state index in [1.165, 1.54) is 4.31 Å². The molecular weight excluding hydrogens is 240 g/mol. The van der Waals surface area contributed by atoms with Gasteiger partial charge in [-0.1, -0.05) is 12.1 Å². The van der Waals surface area contributed by atoms with Gasteiger partial charge in [0.05, 0.1) is 12.2 Å². The van der Waals surface area contributed by atoms with Crippen molar-refractivity contribution in [1.82, 2.24) is 4.72 Å². The van der Waals surface area contributed by atoms with Gasteiger partial charge < -0.3 is 4.74 Å². The lowest BCUT2D eigenvalue weighted by Gasteiger charge is -2.30. The summed E-state index contributed by atoms with van der Waals surface area (Å²) < 4.78 is 33.8. The highest BCUT2D eigenvalue weighted by molar-refractivity contribution is 7.90. The van der Waals surface area contributed by atoms with Crippen molar-refractivity contribution in [2.45, 2.75) is 18.9 Å². The second-order valence-corrected chi connectivity index (χ2v) is 5.91. The Morgan fingerprint density at radius 2 is 2.06 bits per heavy atom. The lowest BCUT2D eigenvalue weighted by atomic mass is 10.2. The molecule has 0 aromatic heterocycles. The maximum atomic E-state index is 12.2. The van der Waals surface area contributed by atoms with Crippen molar-refractivity contribution < 1.29 is 13.2 Å². The van der Waals surface area contributed by atoms with Crippen LogP contribution in [0.5, 0.6) is 5.75 Å². The van der Waals surface area contributed by atoms with Gasteiger partial charge in [0.1, 0.15) is 12.4 Å². The average Bonchev–Trinajstić information content (AvgIpc) is 3.11. The van der Waals surface area contributed by atoms with Crippen molar-refractivity contribution in [3.05, 3.63) is 24.3 Å². The number of rotatable bonds is 3. The van der Waals surface area contributed by atoms with Crippen molar-refractivity contribution in [2.75, 3.05) is 17.5 Å². The van der Waals surface area contributed by atoms with Gasteiger partial charge >= 0.3 is 10.2 Å². The summed E-state index contributed by atoms with van der Waals surface area (Å²) in [5.74, 6) is 0.625. The number of nitrogens with one attached hydrogen (secondary N) is 1. The molecule has 92 valence electrons. The van der Waals surface area contributed by atoms with Crippen molar-refractivity contribution in [2.24, 2.45) is 0 Å². The van der Waals surface area contributed by atoms with Gasteiger partial charge in [-0.15, -0.1) is 0 Å². The number of para-hydroxylation sites is 2. The standard InChI is InChI=1S/C11H14N2O3S/c14-17(15,12-9-5-6-9)13-7-8-16-11-4-2-1-3-10(11)13/h1-4,9,12H,5-8H2. The summed E-state index contributed by atoms with van der Waals surface area (Å²) in [6.07, 6.45) is 1.87. The first-order valence-corrected chi connectivity index (χ1v) is 7.13. The van der Waals surface area contributed by atoms with E-state index in [2.05, 4.69) is 4.72 Å². The van der Waals surface area contributed by atoms with Gasteiger partial charge in [0.15, 0.2) is 0 Å². The Balaban J connectivity index is 1.93. The molecule has 0 bridgehead atoms. The Labute approximate surface area is 101 Å². The van der Waals surface area contributed by atoms with Gasteiger partial charge in [-0.3, -0.25) is 4.31 Å². The first kappa shape index (κ1) is 10.9. The summed E-state index contributed by atoms with van der Waals surface area (Å²) in [5, 5.41) is 0. The topological polar surface area (TPSA) is 58.6 Å². The number of nitrogens with zero attached hydrogens (tertiary/aromatic N) is 1. The van der Waals surface area contributed by atoms with Crippen LogP contribution in [0.3, 0.4) is 0 Å². The Morgan fingerprint density at radius 1 is 1.29 bits per heavy atom. The first-order valence-electron chi connectivity index (χ1n) is 5.69. The van der Waals surface area contributed by atoms with Crippen LogP contribution in [-0.4, -0.2) is 27.6 Å². The molecule has 17 heavy (non-hydrogen) atoms. The van der Waals surface area contributed by atoms with Crippen LogP contribution >= 0.6 is 0 Å². The number of ether oxygens (including phenoxy) is 1. The van der Waals surface area contributed by atoms with Crippen LogP contribution < -0.4 is 13.8 Å². The van der Waals surface area contributed by atoms with E-state index in [1.54, 1.807) is 12.1 Å². The van der Waals surface area contributed by atoms with Crippen molar-refractivity contribution >= 4 is 15.9 Å². The van der Waals surface area contributed by atoms with Gasteiger partial charge in [0, 0.05) is 6.04 Å². The number of benzene rings is 1. The molecule has 1 aromatic carbocycles. The van der Waals surface area contributed by atoms with Crippen LogP contribution in [-0.2, 0) is 10.2 Å². The maximum Gasteiger partial charge on any atom is 0.302 e. The molecular formula is C11H14N2O3S. The zero-order chi connectivity index (χ0) is 11.9. The van der Waals surface area contributed by atoms with Gasteiger partial charge in [0.2, 0.25) is 0 Å². The molecule has 1 aliphatic carbocycles. The number of hydrogen-bond acceptors (Lipinski definition) is 3. The van der Waals surface area contributed by atoms with Crippen molar-refractivity contribution in [3.8, 4) is 5.75 Å². The molecule has 1 saturated carbocycles. The molecule has 1 N–H and O–H groups in total. The highest BCUT2D eigenvalue weighted by Gasteiger charge is 2.33. The van der Waals surface area contributed by atoms with Gasteiger partial charge in [-0.2, -0.15) is 13.1 Å². The molecule has 0 spiro atoms. The van der Waals surface area contributed by atoms with Gasteiger partial charge in [-0.05, 0) is 25.0 Å². The quantitative estimate of drug-likeness (QED) is 0.871. The molecule has 5 nitrogen and oxygen atoms in total. The molecule has 0 radical (unpaired) electrons. The van der Waals surface area contributed by atoms with E-state index in [4.69, 9.17) is 4.74 Å². The van der Waals surface area contributed by atoms with Gasteiger partial charge in [0.25, 0.3) is 0 Å². The summed E-state index contributed by atoms with van der Waals surface area (Å²) in [6, 6.07) is 7.32. The number of fused-ring (bicyclic) bond motifs is 1. The third-order valence-corrected chi connectivity index (χ3v) is 4.46. The van der Waals surface area contributed by atoms with E-state index in [9.17, 15) is 8.42 Å². The minimum atomic E-state index is -3.43. The lowest BCUT2D eigenvalue weighted by Crippen LogP contribution is -2.45. The smallest absolute Gasteiger partial charge is 0.302 e. The molecule has 0 saturated heterocycles. The Bertz CT molecular complexity index is 525. The van der Waals surface area contributed by atoms with Crippen LogP contribution in [0.2, 0.25) is 0 Å². The lowest BCUT2D eigenvalue weighted by molar-refractivity contribution is 0.315. The fourth-order valence-electron chi connectivity index (χ4n) is 1.87. The van der Waals surface area contributed by atoms with Crippen LogP contribution in [0.25, 0.3) is 0 Å². The Hall–Kier alpha value is -1.27. The van der Waals surface area contributed by atoms with Crippen molar-refractivity contribution in [3.63, 3.8) is 0 Å². The molecule has 1 aliphatic heterocycles. The molecule has 0 atom stereocenters. The molecule has 1 fully saturated rings. The van der Waals surface area contributed by atoms with E-state index in [0.29, 0.717) is 24.6 Å². The molecule has 0 unspecified atom stereocenters. The zero-order valence-electron chi connectivity index (χ0n) is 9.30. The van der Waals surface area contributed by atoms with E-state index >= 15 is 0 Å². The Kier molecular flexibility index (Phi) is 2.48. The molecule has 1 heterocycles. The second kappa shape index (κ2) is 3.89. The summed E-state index contributed by atoms with van der Waals surface area (Å²) in [6.45, 7) is 0.752. The van der Waals surface area contributed by atoms with E-state index in [0.717, 1.165) is 12.8 Å². The minimum Gasteiger partial charge on any atom is -0.489 e. The summed E-state index contributed by atoms with van der Waals surface area (Å²) in [4.78, 5) is 0. The van der Waals surface area contributed by atoms with E-state index in [1.807, 2.05) is 12.1 Å². The highest BCUT2D eigenvalue weighted by Crippen LogP contribution is 2.33. The predicted octanol–water partition coefficient (Wildman–Crippen LogP) is 0.882. The summed E-state index contributed by atoms with van der Waals surface area (Å²) >= 11 is 0. The van der Waals surface area contributed by atoms with Crippen LogP contribution in [0.1, 0.15) is 12.8 Å². The van der Waals surface area contributed by atoms with E-state index in [-0.39, 0.29) is 6.04 Å². The molecule has 6 heteroatoms. The minimum absolute atomic E-state index is 0.120. The largest absolute Gasteiger partial charge is 0.489 e. The van der Waals surface area contributed by atoms with E-state index < -0.39 is 10.2 Å². The molecule has 0 amide bonds. The van der Waals surface area contributed by atoms with Crippen LogP contribution in [0.4, 0.5) is 5.69 Å². The van der Waals surface area contributed by atoms with Crippen molar-refractivity contribution in [1.29, 1.82) is 0 Å². The van der Waals surface area contributed by atoms with Gasteiger partial charge in [-0.25, -0.2) is 0 Å². The van der Waals surface area contributed by atoms with Crippen LogP contribution in [0.15, 0.2) is 24.3 Å². The summed E-state index contributed by atoms with van der Waals surface area (Å²) in [7, 11) is -3.43. The SMILES string of the molecule is O=S(=O)(NC1CC1)N1CCOc2ccccc21. The fraction of sp³-hybridized carbons (Fsp3) is 0.455. The molecule has 2 aliphatic rings. The Morgan fingerprint density at radius 3 is 2.82 bits per heavy atom. The maximum absolute atomic E-state index is 12.2. The normalized spacial score (nSPS) is 19.6. The molecule has 3 rings (SSSR count). The number of anilines is 1. The second-order valence-electron chi connectivity index (χ2n) is 4.29. The first-order chi connectivity index (χ1) is 8.17. The monoisotopic (exact) mass is 254 g/mol. The fourth-order valence-corrected chi connectivity index (χ4v) is 3.38. The zero-order valence-corrected chi connectivity index (χ0v) is 10.1. The predicted molar refractivity (Wildman–Crippen MR) is 64.4 cm³/mol.